The molecule has 0 radical (unpaired) electrons. The van der Waals surface area contributed by atoms with Crippen LogP contribution in [-0.4, -0.2) is 43.4 Å². The van der Waals surface area contributed by atoms with E-state index in [1.807, 2.05) is 18.3 Å². The van der Waals surface area contributed by atoms with Crippen molar-refractivity contribution in [2.24, 2.45) is 0 Å². The largest absolute Gasteiger partial charge is 0.481 e. The Morgan fingerprint density at radius 1 is 1.08 bits per heavy atom. The summed E-state index contributed by atoms with van der Waals surface area (Å²) in [5, 5.41) is 3.51. The molecule has 0 aliphatic carbocycles. The molecule has 1 saturated heterocycles. The number of nitrogens with zero attached hydrogens (tertiary/aromatic N) is 2. The second-order valence-electron chi connectivity index (χ2n) is 9.17. The van der Waals surface area contributed by atoms with Crippen molar-refractivity contribution in [1.82, 2.24) is 9.97 Å². The average molecular weight is 513 g/mol. The van der Waals surface area contributed by atoms with Crippen LogP contribution in [0.25, 0.3) is 11.3 Å². The highest BCUT2D eigenvalue weighted by Gasteiger charge is 2.21. The summed E-state index contributed by atoms with van der Waals surface area (Å²) in [5.74, 6) is 0.615. The number of nitrogens with one attached hydrogen (secondary N) is 2. The minimum absolute atomic E-state index is 0.0828. The summed E-state index contributed by atoms with van der Waals surface area (Å²) in [7, 11) is 1.62. The normalized spacial score (nSPS) is 14.6. The lowest BCUT2D eigenvalue weighted by Crippen LogP contribution is -2.36. The molecule has 1 fully saturated rings. The predicted molar refractivity (Wildman–Crippen MR) is 147 cm³/mol. The van der Waals surface area contributed by atoms with Crippen LogP contribution >= 0.6 is 11.8 Å². The number of hydrogen-bond acceptors (Lipinski definition) is 7. The van der Waals surface area contributed by atoms with Gasteiger partial charge in [0.15, 0.2) is 0 Å². The summed E-state index contributed by atoms with van der Waals surface area (Å²) in [6, 6.07) is 20.6. The number of morpholine rings is 1. The summed E-state index contributed by atoms with van der Waals surface area (Å²) in [6.45, 7) is 3.65. The highest BCUT2D eigenvalue weighted by Crippen LogP contribution is 2.45. The molecule has 7 nitrogen and oxygen atoms in total. The van der Waals surface area contributed by atoms with Crippen molar-refractivity contribution in [3.05, 3.63) is 93.9 Å². The van der Waals surface area contributed by atoms with Gasteiger partial charge in [-0.25, -0.2) is 4.98 Å². The smallest absolute Gasteiger partial charge is 0.250 e. The fourth-order valence-corrected chi connectivity index (χ4v) is 5.99. The Bertz CT molecular complexity index is 1480. The average Bonchev–Trinajstić information content (AvgIpc) is 2.95. The molecule has 2 aliphatic heterocycles. The van der Waals surface area contributed by atoms with Crippen molar-refractivity contribution in [2.75, 3.05) is 43.6 Å². The van der Waals surface area contributed by atoms with Crippen LogP contribution in [0.3, 0.4) is 0 Å². The summed E-state index contributed by atoms with van der Waals surface area (Å²) >= 11 is 1.77. The summed E-state index contributed by atoms with van der Waals surface area (Å²) in [5.41, 5.74) is 7.52. The molecule has 0 spiro atoms. The first-order chi connectivity index (χ1) is 18.2. The maximum Gasteiger partial charge on any atom is 0.250 e. The van der Waals surface area contributed by atoms with Crippen molar-refractivity contribution in [2.45, 2.75) is 22.8 Å². The Morgan fingerprint density at radius 3 is 2.78 bits per heavy atom. The molecule has 4 heterocycles. The first kappa shape index (κ1) is 23.6. The first-order valence-electron chi connectivity index (χ1n) is 12.4. The number of ether oxygens (including phenoxy) is 2. The topological polar surface area (TPSA) is 79.5 Å². The highest BCUT2D eigenvalue weighted by atomic mass is 32.2. The number of H-pyrrole nitrogens is 1. The molecule has 2 aromatic heterocycles. The van der Waals surface area contributed by atoms with Crippen LogP contribution in [0.15, 0.2) is 81.4 Å². The molecule has 8 heteroatoms. The van der Waals surface area contributed by atoms with Crippen LogP contribution in [-0.2, 0) is 17.7 Å². The SMILES string of the molecule is COc1ccc(CNc2ccc3c(c2)Cc2cccc(-c4cc(N5CCOCC5)cc(=O)[nH]4)c2S3)cn1. The van der Waals surface area contributed by atoms with Crippen molar-refractivity contribution in [1.29, 1.82) is 0 Å². The van der Waals surface area contributed by atoms with E-state index in [0.717, 1.165) is 47.7 Å². The third-order valence-electron chi connectivity index (χ3n) is 6.75. The Kier molecular flexibility index (Phi) is 6.59. The number of anilines is 2. The standard InChI is InChI=1S/C29H28N4O3S/c1-35-28-8-5-19(18-31-28)17-30-22-6-7-26-21(14-22)13-20-3-2-4-24(29(20)37-26)25-15-23(16-27(34)32-25)33-9-11-36-12-10-33/h2-8,14-16,18,30H,9-13,17H2,1H3,(H,32,34). The number of rotatable bonds is 6. The molecule has 0 saturated carbocycles. The molecule has 4 aromatic rings. The van der Waals surface area contributed by atoms with Crippen molar-refractivity contribution >= 4 is 23.1 Å². The molecule has 2 N–H and O–H groups in total. The van der Waals surface area contributed by atoms with Gasteiger partial charge in [-0.1, -0.05) is 36.0 Å². The zero-order valence-electron chi connectivity index (χ0n) is 20.6. The lowest BCUT2D eigenvalue weighted by molar-refractivity contribution is 0.122. The molecule has 0 amide bonds. The molecular weight excluding hydrogens is 484 g/mol. The zero-order chi connectivity index (χ0) is 25.2. The van der Waals surface area contributed by atoms with Crippen LogP contribution in [0.2, 0.25) is 0 Å². The van der Waals surface area contributed by atoms with Gasteiger partial charge in [0, 0.05) is 64.7 Å². The molecule has 2 aromatic carbocycles. The fourth-order valence-electron chi connectivity index (χ4n) is 4.82. The third kappa shape index (κ3) is 5.08. The van der Waals surface area contributed by atoms with Crippen LogP contribution in [0.5, 0.6) is 5.88 Å². The van der Waals surface area contributed by atoms with E-state index >= 15 is 0 Å². The van der Waals surface area contributed by atoms with Gasteiger partial charge in [0.2, 0.25) is 11.4 Å². The summed E-state index contributed by atoms with van der Waals surface area (Å²) in [4.78, 5) is 24.6. The van der Waals surface area contributed by atoms with Crippen LogP contribution in [0, 0.1) is 0 Å². The quantitative estimate of drug-likeness (QED) is 0.333. The Morgan fingerprint density at radius 2 is 1.97 bits per heavy atom. The number of fused-ring (bicyclic) bond motifs is 2. The molecule has 0 bridgehead atoms. The zero-order valence-corrected chi connectivity index (χ0v) is 21.4. The maximum atomic E-state index is 12.6. The summed E-state index contributed by atoms with van der Waals surface area (Å²) < 4.78 is 10.6. The van der Waals surface area contributed by atoms with E-state index in [1.165, 1.54) is 20.9 Å². The minimum Gasteiger partial charge on any atom is -0.481 e. The van der Waals surface area contributed by atoms with Crippen LogP contribution in [0.1, 0.15) is 16.7 Å². The van der Waals surface area contributed by atoms with Crippen molar-refractivity contribution < 1.29 is 9.47 Å². The molecule has 0 atom stereocenters. The molecular formula is C29H28N4O3S. The number of pyridine rings is 2. The van der Waals surface area contributed by atoms with Crippen molar-refractivity contribution in [3.8, 4) is 17.1 Å². The molecule has 0 unspecified atom stereocenters. The lowest BCUT2D eigenvalue weighted by Gasteiger charge is -2.29. The Hall–Kier alpha value is -3.75. The number of hydrogen-bond donors (Lipinski definition) is 2. The minimum atomic E-state index is -0.0828. The number of benzene rings is 2. The Labute approximate surface area is 219 Å². The van der Waals surface area contributed by atoms with E-state index in [2.05, 4.69) is 62.6 Å². The molecule has 2 aliphatic rings. The second-order valence-corrected chi connectivity index (χ2v) is 10.2. The first-order valence-corrected chi connectivity index (χ1v) is 13.2. The van der Waals surface area contributed by atoms with E-state index in [-0.39, 0.29) is 5.56 Å². The monoisotopic (exact) mass is 512 g/mol. The van der Waals surface area contributed by atoms with Gasteiger partial charge in [-0.05, 0) is 47.4 Å². The van der Waals surface area contributed by atoms with Crippen LogP contribution in [0.4, 0.5) is 11.4 Å². The number of aromatic nitrogens is 2. The second kappa shape index (κ2) is 10.3. The molecule has 188 valence electrons. The van der Waals surface area contributed by atoms with Gasteiger partial charge < -0.3 is 24.7 Å². The van der Waals surface area contributed by atoms with E-state index in [4.69, 9.17) is 9.47 Å². The van der Waals surface area contributed by atoms with Crippen molar-refractivity contribution in [3.63, 3.8) is 0 Å². The van der Waals surface area contributed by atoms with E-state index in [9.17, 15) is 4.79 Å². The maximum absolute atomic E-state index is 12.6. The third-order valence-corrected chi connectivity index (χ3v) is 8.05. The van der Waals surface area contributed by atoms with Gasteiger partial charge >= 0.3 is 0 Å². The van der Waals surface area contributed by atoms with E-state index < -0.39 is 0 Å². The van der Waals surface area contributed by atoms with Crippen LogP contribution < -0.4 is 20.5 Å². The number of aromatic amines is 1. The van der Waals surface area contributed by atoms with Gasteiger partial charge in [-0.15, -0.1) is 0 Å². The van der Waals surface area contributed by atoms with Gasteiger partial charge in [-0.2, -0.15) is 0 Å². The van der Waals surface area contributed by atoms with Gasteiger partial charge in [0.1, 0.15) is 0 Å². The predicted octanol–water partition coefficient (Wildman–Crippen LogP) is 4.95. The van der Waals surface area contributed by atoms with E-state index in [0.29, 0.717) is 25.6 Å². The number of methoxy groups -OCH3 is 1. The molecule has 6 rings (SSSR count). The molecule has 37 heavy (non-hydrogen) atoms. The van der Waals surface area contributed by atoms with E-state index in [1.54, 1.807) is 24.9 Å². The summed E-state index contributed by atoms with van der Waals surface area (Å²) in [6.07, 6.45) is 2.68. The van der Waals surface area contributed by atoms with Gasteiger partial charge in [0.25, 0.3) is 0 Å². The highest BCUT2D eigenvalue weighted by molar-refractivity contribution is 7.99. The Balaban J connectivity index is 1.24. The lowest BCUT2D eigenvalue weighted by atomic mass is 9.99. The van der Waals surface area contributed by atoms with Gasteiger partial charge in [0.05, 0.1) is 26.0 Å². The fraction of sp³-hybridized carbons (Fsp3) is 0.241. The van der Waals surface area contributed by atoms with Gasteiger partial charge in [-0.3, -0.25) is 4.79 Å².